The van der Waals surface area contributed by atoms with Crippen molar-refractivity contribution in [2.75, 3.05) is 34.9 Å². The molecule has 0 heterocycles. The van der Waals surface area contributed by atoms with E-state index >= 15 is 0 Å². The number of ether oxygens (including phenoxy) is 3. The van der Waals surface area contributed by atoms with E-state index in [-0.39, 0.29) is 18.3 Å². The molecule has 0 spiro atoms. The summed E-state index contributed by atoms with van der Waals surface area (Å²) in [6.45, 7) is 1.22. The summed E-state index contributed by atoms with van der Waals surface area (Å²) in [7, 11) is 6.56. The Morgan fingerprint density at radius 1 is 1.09 bits per heavy atom. The van der Waals surface area contributed by atoms with E-state index in [1.165, 1.54) is 0 Å². The zero-order chi connectivity index (χ0) is 15.7. The molecule has 0 fully saturated rings. The Morgan fingerprint density at radius 2 is 1.77 bits per heavy atom. The van der Waals surface area contributed by atoms with Gasteiger partial charge >= 0.3 is 0 Å². The molecule has 1 aromatic carbocycles. The maximum absolute atomic E-state index is 11.7. The molecule has 0 bridgehead atoms. The highest BCUT2D eigenvalue weighted by molar-refractivity contribution is 5.85. The third-order valence-corrected chi connectivity index (χ3v) is 3.09. The second-order valence-corrected chi connectivity index (χ2v) is 4.48. The molecule has 0 aromatic heterocycles. The number of carbonyl (C=O) groups is 1. The number of benzene rings is 1. The number of hydrogen-bond acceptors (Lipinski definition) is 5. The van der Waals surface area contributed by atoms with Crippen molar-refractivity contribution in [1.29, 1.82) is 0 Å². The molecule has 0 aliphatic heterocycles. The quantitative estimate of drug-likeness (QED) is 0.674. The van der Waals surface area contributed by atoms with Gasteiger partial charge in [0.25, 0.3) is 0 Å². The standard InChI is InChI=1S/C15H24N2O4.ClH/c1-16-9-5-6-13(18)17-10-11-7-8-12(19-2)15(21-4)14(11)20-3;/h7-8,16H,5-6,9-10H2,1-4H3,(H,17,18);1H. The van der Waals surface area contributed by atoms with Gasteiger partial charge in [-0.05, 0) is 32.1 Å². The Morgan fingerprint density at radius 3 is 2.32 bits per heavy atom. The monoisotopic (exact) mass is 332 g/mol. The van der Waals surface area contributed by atoms with Crippen molar-refractivity contribution in [2.24, 2.45) is 0 Å². The van der Waals surface area contributed by atoms with Crippen molar-refractivity contribution in [3.63, 3.8) is 0 Å². The molecule has 22 heavy (non-hydrogen) atoms. The minimum atomic E-state index is 0. The molecular formula is C15H25ClN2O4. The van der Waals surface area contributed by atoms with Crippen molar-refractivity contribution in [3.05, 3.63) is 17.7 Å². The summed E-state index contributed by atoms with van der Waals surface area (Å²) in [5.41, 5.74) is 0.845. The highest BCUT2D eigenvalue weighted by Crippen LogP contribution is 2.39. The van der Waals surface area contributed by atoms with Gasteiger partial charge < -0.3 is 24.8 Å². The summed E-state index contributed by atoms with van der Waals surface area (Å²) in [5, 5.41) is 5.89. The molecule has 2 N–H and O–H groups in total. The van der Waals surface area contributed by atoms with Crippen molar-refractivity contribution in [3.8, 4) is 17.2 Å². The lowest BCUT2D eigenvalue weighted by atomic mass is 10.1. The van der Waals surface area contributed by atoms with Crippen LogP contribution in [0.2, 0.25) is 0 Å². The number of rotatable bonds is 9. The van der Waals surface area contributed by atoms with E-state index in [0.717, 1.165) is 18.5 Å². The van der Waals surface area contributed by atoms with Crippen molar-refractivity contribution in [1.82, 2.24) is 10.6 Å². The summed E-state index contributed by atoms with van der Waals surface area (Å²) in [5.74, 6) is 1.72. The van der Waals surface area contributed by atoms with E-state index in [9.17, 15) is 4.79 Å². The predicted molar refractivity (Wildman–Crippen MR) is 88.4 cm³/mol. The fourth-order valence-corrected chi connectivity index (χ4v) is 2.01. The van der Waals surface area contributed by atoms with E-state index in [0.29, 0.717) is 30.2 Å². The van der Waals surface area contributed by atoms with E-state index in [1.54, 1.807) is 27.4 Å². The molecule has 126 valence electrons. The first-order chi connectivity index (χ1) is 10.2. The van der Waals surface area contributed by atoms with Crippen LogP contribution in [0.4, 0.5) is 0 Å². The molecule has 0 aliphatic rings. The lowest BCUT2D eigenvalue weighted by Gasteiger charge is -2.16. The van der Waals surface area contributed by atoms with Gasteiger partial charge in [0.2, 0.25) is 11.7 Å². The average molecular weight is 333 g/mol. The van der Waals surface area contributed by atoms with Crippen LogP contribution >= 0.6 is 12.4 Å². The number of amides is 1. The van der Waals surface area contributed by atoms with Crippen LogP contribution in [0.3, 0.4) is 0 Å². The third kappa shape index (κ3) is 5.61. The average Bonchev–Trinajstić information content (AvgIpc) is 2.51. The summed E-state index contributed by atoms with van der Waals surface area (Å²) in [6.07, 6.45) is 1.31. The minimum Gasteiger partial charge on any atom is -0.493 e. The predicted octanol–water partition coefficient (Wildman–Crippen LogP) is 1.75. The molecule has 0 aliphatic carbocycles. The van der Waals surface area contributed by atoms with Crippen LogP contribution in [0.1, 0.15) is 18.4 Å². The first-order valence-electron chi connectivity index (χ1n) is 6.87. The van der Waals surface area contributed by atoms with Crippen LogP contribution in [0.5, 0.6) is 17.2 Å². The third-order valence-electron chi connectivity index (χ3n) is 3.09. The second kappa shape index (κ2) is 11.0. The molecule has 6 nitrogen and oxygen atoms in total. The van der Waals surface area contributed by atoms with Crippen LogP contribution in [-0.2, 0) is 11.3 Å². The molecular weight excluding hydrogens is 308 g/mol. The highest BCUT2D eigenvalue weighted by Gasteiger charge is 2.16. The molecule has 0 saturated carbocycles. The van der Waals surface area contributed by atoms with E-state index in [2.05, 4.69) is 10.6 Å². The zero-order valence-electron chi connectivity index (χ0n) is 13.5. The second-order valence-electron chi connectivity index (χ2n) is 4.48. The van der Waals surface area contributed by atoms with Crippen molar-refractivity contribution in [2.45, 2.75) is 19.4 Å². The highest BCUT2D eigenvalue weighted by atomic mass is 35.5. The van der Waals surface area contributed by atoms with Crippen LogP contribution in [0.15, 0.2) is 12.1 Å². The van der Waals surface area contributed by atoms with Gasteiger partial charge in [0, 0.05) is 18.5 Å². The van der Waals surface area contributed by atoms with Gasteiger partial charge in [-0.2, -0.15) is 0 Å². The maximum Gasteiger partial charge on any atom is 0.220 e. The van der Waals surface area contributed by atoms with Crippen molar-refractivity contribution < 1.29 is 19.0 Å². The summed E-state index contributed by atoms with van der Waals surface area (Å²) in [4.78, 5) is 11.7. The molecule has 0 saturated heterocycles. The van der Waals surface area contributed by atoms with Crippen LogP contribution in [-0.4, -0.2) is 40.8 Å². The number of nitrogens with one attached hydrogen (secondary N) is 2. The minimum absolute atomic E-state index is 0. The number of hydrogen-bond donors (Lipinski definition) is 2. The summed E-state index contributed by atoms with van der Waals surface area (Å²) < 4.78 is 15.9. The Hall–Kier alpha value is -1.66. The van der Waals surface area contributed by atoms with E-state index in [1.807, 2.05) is 13.1 Å². The Balaban J connectivity index is 0.00000441. The Kier molecular flexibility index (Phi) is 10.2. The topological polar surface area (TPSA) is 68.8 Å². The lowest BCUT2D eigenvalue weighted by Crippen LogP contribution is -2.24. The van der Waals surface area contributed by atoms with Gasteiger partial charge in [-0.15, -0.1) is 12.4 Å². The molecule has 1 rings (SSSR count). The first-order valence-corrected chi connectivity index (χ1v) is 6.87. The molecule has 0 radical (unpaired) electrons. The molecule has 0 unspecified atom stereocenters. The summed E-state index contributed by atoms with van der Waals surface area (Å²) in [6, 6.07) is 3.65. The lowest BCUT2D eigenvalue weighted by molar-refractivity contribution is -0.121. The van der Waals surface area contributed by atoms with Crippen LogP contribution in [0, 0.1) is 0 Å². The summed E-state index contributed by atoms with van der Waals surface area (Å²) >= 11 is 0. The van der Waals surface area contributed by atoms with Crippen molar-refractivity contribution >= 4 is 18.3 Å². The molecule has 0 atom stereocenters. The SMILES string of the molecule is CNCCCC(=O)NCc1ccc(OC)c(OC)c1OC.Cl. The number of halogens is 1. The van der Waals surface area contributed by atoms with Gasteiger partial charge in [0.15, 0.2) is 11.5 Å². The van der Waals surface area contributed by atoms with E-state index in [4.69, 9.17) is 14.2 Å². The largest absolute Gasteiger partial charge is 0.493 e. The first kappa shape index (κ1) is 20.3. The van der Waals surface area contributed by atoms with Gasteiger partial charge in [-0.25, -0.2) is 0 Å². The normalized spacial score (nSPS) is 9.64. The fraction of sp³-hybridized carbons (Fsp3) is 0.533. The molecule has 1 amide bonds. The van der Waals surface area contributed by atoms with Gasteiger partial charge in [0.05, 0.1) is 21.3 Å². The van der Waals surface area contributed by atoms with Gasteiger partial charge in [-0.1, -0.05) is 0 Å². The molecule has 1 aromatic rings. The number of methoxy groups -OCH3 is 3. The van der Waals surface area contributed by atoms with Crippen LogP contribution < -0.4 is 24.8 Å². The van der Waals surface area contributed by atoms with E-state index < -0.39 is 0 Å². The van der Waals surface area contributed by atoms with Crippen LogP contribution in [0.25, 0.3) is 0 Å². The fourth-order valence-electron chi connectivity index (χ4n) is 2.01. The Bertz CT molecular complexity index is 469. The number of carbonyl (C=O) groups excluding carboxylic acids is 1. The Labute approximate surface area is 137 Å². The maximum atomic E-state index is 11.7. The molecule has 7 heteroatoms. The zero-order valence-corrected chi connectivity index (χ0v) is 14.3. The van der Waals surface area contributed by atoms with Gasteiger partial charge in [-0.3, -0.25) is 4.79 Å². The smallest absolute Gasteiger partial charge is 0.220 e. The van der Waals surface area contributed by atoms with Gasteiger partial charge in [0.1, 0.15) is 0 Å².